The summed E-state index contributed by atoms with van der Waals surface area (Å²) in [7, 11) is -2.83. The molecule has 0 saturated carbocycles. The van der Waals surface area contributed by atoms with Crippen molar-refractivity contribution in [2.75, 3.05) is 44.2 Å². The van der Waals surface area contributed by atoms with Crippen LogP contribution in [-0.2, 0) is 16.4 Å². The molecule has 158 valence electrons. The van der Waals surface area contributed by atoms with E-state index in [0.717, 1.165) is 30.4 Å². The van der Waals surface area contributed by atoms with Crippen molar-refractivity contribution in [1.82, 2.24) is 15.5 Å². The van der Waals surface area contributed by atoms with Gasteiger partial charge in [0, 0.05) is 38.3 Å². The summed E-state index contributed by atoms with van der Waals surface area (Å²) in [4.78, 5) is 6.85. The molecule has 8 heteroatoms. The summed E-state index contributed by atoms with van der Waals surface area (Å²) in [6.07, 6.45) is 0. The van der Waals surface area contributed by atoms with E-state index >= 15 is 0 Å². The van der Waals surface area contributed by atoms with Crippen molar-refractivity contribution in [2.45, 2.75) is 39.8 Å². The van der Waals surface area contributed by atoms with Gasteiger partial charge in [0.05, 0.1) is 18.1 Å². The molecule has 0 radical (unpaired) electrons. The first kappa shape index (κ1) is 22.5. The van der Waals surface area contributed by atoms with Gasteiger partial charge in [0.15, 0.2) is 15.8 Å². The second-order valence-corrected chi connectivity index (χ2v) is 10.2. The standard InChI is InChI=1S/C20H34N4O3S/c1-5-21-19(22-10-11-24-12-14-28(25,26)15-13-24)23-16-17-8-6-7-9-18(17)27-20(2,3)4/h6-9H,5,10-16H2,1-4H3,(H2,21,22,23). The Balaban J connectivity index is 1.90. The Morgan fingerprint density at radius 3 is 2.50 bits per heavy atom. The Hall–Kier alpha value is -1.80. The first-order chi connectivity index (χ1) is 13.2. The molecule has 1 aromatic carbocycles. The van der Waals surface area contributed by atoms with Gasteiger partial charge < -0.3 is 15.4 Å². The molecule has 2 rings (SSSR count). The fourth-order valence-corrected chi connectivity index (χ4v) is 4.15. The summed E-state index contributed by atoms with van der Waals surface area (Å²) in [6, 6.07) is 7.96. The van der Waals surface area contributed by atoms with E-state index in [2.05, 4.69) is 20.5 Å². The molecule has 1 saturated heterocycles. The Morgan fingerprint density at radius 1 is 1.18 bits per heavy atom. The van der Waals surface area contributed by atoms with Gasteiger partial charge >= 0.3 is 0 Å². The zero-order chi connectivity index (χ0) is 20.6. The summed E-state index contributed by atoms with van der Waals surface area (Å²) in [6.45, 7) is 12.1. The van der Waals surface area contributed by atoms with Crippen LogP contribution >= 0.6 is 0 Å². The third-order valence-corrected chi connectivity index (χ3v) is 5.91. The predicted octanol–water partition coefficient (Wildman–Crippen LogP) is 1.65. The van der Waals surface area contributed by atoms with Gasteiger partial charge in [-0.05, 0) is 33.8 Å². The van der Waals surface area contributed by atoms with Crippen LogP contribution in [0.2, 0.25) is 0 Å². The molecule has 1 heterocycles. The molecular formula is C20H34N4O3S. The van der Waals surface area contributed by atoms with Crippen LogP contribution < -0.4 is 15.4 Å². The van der Waals surface area contributed by atoms with Crippen LogP contribution in [0.5, 0.6) is 5.75 Å². The van der Waals surface area contributed by atoms with E-state index in [9.17, 15) is 8.42 Å². The lowest BCUT2D eigenvalue weighted by atomic mass is 10.1. The molecule has 0 aliphatic carbocycles. The molecule has 1 aliphatic heterocycles. The minimum Gasteiger partial charge on any atom is -0.488 e. The Morgan fingerprint density at radius 2 is 1.86 bits per heavy atom. The molecule has 2 N–H and O–H groups in total. The number of guanidine groups is 1. The molecule has 1 aliphatic rings. The highest BCUT2D eigenvalue weighted by Gasteiger charge is 2.21. The number of para-hydroxylation sites is 1. The molecule has 28 heavy (non-hydrogen) atoms. The summed E-state index contributed by atoms with van der Waals surface area (Å²) >= 11 is 0. The van der Waals surface area contributed by atoms with Crippen molar-refractivity contribution >= 4 is 15.8 Å². The monoisotopic (exact) mass is 410 g/mol. The van der Waals surface area contributed by atoms with Crippen LogP contribution in [0.15, 0.2) is 29.3 Å². The molecule has 1 fully saturated rings. The molecule has 0 bridgehead atoms. The summed E-state index contributed by atoms with van der Waals surface area (Å²) < 4.78 is 29.1. The van der Waals surface area contributed by atoms with Crippen LogP contribution in [0.3, 0.4) is 0 Å². The van der Waals surface area contributed by atoms with Gasteiger partial charge in [-0.25, -0.2) is 13.4 Å². The SMILES string of the molecule is CCNC(=NCc1ccccc1OC(C)(C)C)NCCN1CCS(=O)(=O)CC1. The zero-order valence-electron chi connectivity index (χ0n) is 17.5. The molecule has 0 atom stereocenters. The number of sulfone groups is 1. The fraction of sp³-hybridized carbons (Fsp3) is 0.650. The van der Waals surface area contributed by atoms with E-state index in [1.165, 1.54) is 0 Å². The Labute approximate surface area is 169 Å². The first-order valence-corrected chi connectivity index (χ1v) is 11.7. The number of nitrogens with one attached hydrogen (secondary N) is 2. The van der Waals surface area contributed by atoms with Gasteiger partial charge in [-0.1, -0.05) is 18.2 Å². The minimum absolute atomic E-state index is 0.256. The van der Waals surface area contributed by atoms with E-state index < -0.39 is 9.84 Å². The number of ether oxygens (including phenoxy) is 1. The number of rotatable bonds is 7. The van der Waals surface area contributed by atoms with E-state index in [0.29, 0.717) is 26.2 Å². The van der Waals surface area contributed by atoms with Crippen LogP contribution in [0, 0.1) is 0 Å². The van der Waals surface area contributed by atoms with Crippen LogP contribution in [-0.4, -0.2) is 69.1 Å². The maximum Gasteiger partial charge on any atom is 0.191 e. The van der Waals surface area contributed by atoms with Gasteiger partial charge in [-0.2, -0.15) is 0 Å². The highest BCUT2D eigenvalue weighted by molar-refractivity contribution is 7.91. The highest BCUT2D eigenvalue weighted by atomic mass is 32.2. The molecule has 1 aromatic rings. The Kier molecular flexibility index (Phi) is 8.12. The summed E-state index contributed by atoms with van der Waals surface area (Å²) in [5, 5.41) is 6.59. The second kappa shape index (κ2) is 10.1. The maximum atomic E-state index is 11.5. The first-order valence-electron chi connectivity index (χ1n) is 9.90. The summed E-state index contributed by atoms with van der Waals surface area (Å²) in [5.41, 5.74) is 0.778. The average molecular weight is 411 g/mol. The molecule has 0 unspecified atom stereocenters. The van der Waals surface area contributed by atoms with Gasteiger partial charge in [-0.15, -0.1) is 0 Å². The van der Waals surface area contributed by atoms with Gasteiger partial charge in [0.1, 0.15) is 11.4 Å². The highest BCUT2D eigenvalue weighted by Crippen LogP contribution is 2.23. The number of hydrogen-bond donors (Lipinski definition) is 2. The lowest BCUT2D eigenvalue weighted by Crippen LogP contribution is -2.45. The minimum atomic E-state index is -2.83. The summed E-state index contributed by atoms with van der Waals surface area (Å²) in [5.74, 6) is 2.11. The molecule has 0 aromatic heterocycles. The average Bonchev–Trinajstić information content (AvgIpc) is 2.61. The predicted molar refractivity (Wildman–Crippen MR) is 115 cm³/mol. The van der Waals surface area contributed by atoms with E-state index in [4.69, 9.17) is 4.74 Å². The van der Waals surface area contributed by atoms with Crippen molar-refractivity contribution in [3.05, 3.63) is 29.8 Å². The van der Waals surface area contributed by atoms with Gasteiger partial charge in [-0.3, -0.25) is 4.90 Å². The fourth-order valence-electron chi connectivity index (χ4n) is 2.88. The van der Waals surface area contributed by atoms with Crippen molar-refractivity contribution < 1.29 is 13.2 Å². The van der Waals surface area contributed by atoms with Gasteiger partial charge in [0.2, 0.25) is 0 Å². The number of hydrogen-bond acceptors (Lipinski definition) is 5. The molecule has 7 nitrogen and oxygen atoms in total. The third kappa shape index (κ3) is 8.06. The second-order valence-electron chi connectivity index (χ2n) is 7.94. The molecule has 0 spiro atoms. The van der Waals surface area contributed by atoms with E-state index in [1.54, 1.807) is 0 Å². The van der Waals surface area contributed by atoms with Crippen LogP contribution in [0.25, 0.3) is 0 Å². The number of benzene rings is 1. The quantitative estimate of drug-likeness (QED) is 0.525. The van der Waals surface area contributed by atoms with Crippen molar-refractivity contribution in [2.24, 2.45) is 4.99 Å². The van der Waals surface area contributed by atoms with Crippen LogP contribution in [0.4, 0.5) is 0 Å². The maximum absolute atomic E-state index is 11.5. The lowest BCUT2D eigenvalue weighted by Gasteiger charge is -2.26. The number of aliphatic imine (C=N–C) groups is 1. The van der Waals surface area contributed by atoms with Gasteiger partial charge in [0.25, 0.3) is 0 Å². The van der Waals surface area contributed by atoms with Crippen LogP contribution in [0.1, 0.15) is 33.3 Å². The molecule has 0 amide bonds. The normalized spacial score (nSPS) is 17.9. The number of nitrogens with zero attached hydrogens (tertiary/aromatic N) is 2. The van der Waals surface area contributed by atoms with E-state index in [-0.39, 0.29) is 17.1 Å². The molecular weight excluding hydrogens is 376 g/mol. The third-order valence-electron chi connectivity index (χ3n) is 4.30. The largest absolute Gasteiger partial charge is 0.488 e. The topological polar surface area (TPSA) is 83.0 Å². The van der Waals surface area contributed by atoms with Crippen molar-refractivity contribution in [3.8, 4) is 5.75 Å². The smallest absolute Gasteiger partial charge is 0.191 e. The lowest BCUT2D eigenvalue weighted by molar-refractivity contribution is 0.129. The van der Waals surface area contributed by atoms with E-state index in [1.807, 2.05) is 52.0 Å². The van der Waals surface area contributed by atoms with Crippen molar-refractivity contribution in [3.63, 3.8) is 0 Å². The van der Waals surface area contributed by atoms with Crippen molar-refractivity contribution in [1.29, 1.82) is 0 Å². The zero-order valence-corrected chi connectivity index (χ0v) is 18.3. The Bertz CT molecular complexity index is 743.